The van der Waals surface area contributed by atoms with Crippen molar-refractivity contribution >= 4 is 16.9 Å². The SMILES string of the molecule is CC.Cc1ccc(C)n1-c1ncc(-c2ccnc3c2ccn3C)c2c1C(=O)NC2O. The van der Waals surface area contributed by atoms with E-state index in [0.717, 1.165) is 33.5 Å². The van der Waals surface area contributed by atoms with Crippen molar-refractivity contribution in [2.45, 2.75) is 33.9 Å². The van der Waals surface area contributed by atoms with Crippen molar-refractivity contribution in [1.82, 2.24) is 24.4 Å². The Bertz CT molecular complexity index is 1250. The Morgan fingerprint density at radius 1 is 1.03 bits per heavy atom. The number of aromatic nitrogens is 4. The highest BCUT2D eigenvalue weighted by atomic mass is 16.3. The third kappa shape index (κ3) is 2.81. The van der Waals surface area contributed by atoms with Gasteiger partial charge in [0.15, 0.2) is 6.23 Å². The number of rotatable bonds is 2. The van der Waals surface area contributed by atoms with E-state index in [1.54, 1.807) is 12.4 Å². The van der Waals surface area contributed by atoms with Crippen molar-refractivity contribution < 1.29 is 9.90 Å². The maximum absolute atomic E-state index is 12.7. The van der Waals surface area contributed by atoms with Crippen LogP contribution in [0.4, 0.5) is 0 Å². The molecule has 7 nitrogen and oxygen atoms in total. The fourth-order valence-corrected chi connectivity index (χ4v) is 4.08. The van der Waals surface area contributed by atoms with E-state index in [9.17, 15) is 9.90 Å². The number of carbonyl (C=O) groups is 1. The smallest absolute Gasteiger partial charge is 0.257 e. The van der Waals surface area contributed by atoms with Gasteiger partial charge in [-0.25, -0.2) is 9.97 Å². The Morgan fingerprint density at radius 3 is 2.43 bits per heavy atom. The van der Waals surface area contributed by atoms with Gasteiger partial charge in [0.25, 0.3) is 5.91 Å². The summed E-state index contributed by atoms with van der Waals surface area (Å²) < 4.78 is 3.87. The van der Waals surface area contributed by atoms with Gasteiger partial charge in [-0.05, 0) is 43.7 Å². The molecule has 2 N–H and O–H groups in total. The molecule has 0 spiro atoms. The molecule has 1 aliphatic rings. The molecule has 1 atom stereocenters. The number of nitrogens with one attached hydrogen (secondary N) is 1. The molecule has 154 valence electrons. The van der Waals surface area contributed by atoms with Gasteiger partial charge in [-0.15, -0.1) is 0 Å². The van der Waals surface area contributed by atoms with Gasteiger partial charge >= 0.3 is 0 Å². The summed E-state index contributed by atoms with van der Waals surface area (Å²) in [6, 6.07) is 7.84. The lowest BCUT2D eigenvalue weighted by Crippen LogP contribution is -2.19. The summed E-state index contributed by atoms with van der Waals surface area (Å²) in [5.74, 6) is 0.212. The summed E-state index contributed by atoms with van der Waals surface area (Å²) in [5, 5.41) is 14.2. The van der Waals surface area contributed by atoms with E-state index in [0.29, 0.717) is 16.9 Å². The normalized spacial score (nSPS) is 15.0. The molecule has 1 amide bonds. The van der Waals surface area contributed by atoms with E-state index in [4.69, 9.17) is 0 Å². The third-order valence-corrected chi connectivity index (χ3v) is 5.41. The summed E-state index contributed by atoms with van der Waals surface area (Å²) in [7, 11) is 1.93. The molecule has 0 saturated carbocycles. The summed E-state index contributed by atoms with van der Waals surface area (Å²) in [5.41, 5.74) is 5.36. The summed E-state index contributed by atoms with van der Waals surface area (Å²) in [4.78, 5) is 21.8. The standard InChI is InChI=1S/C21H19N5O2.C2H6/c1-11-4-5-12(2)26(11)19-17-16(20(27)24-21(17)28)15(10-23-19)13-6-8-22-18-14(13)7-9-25(18)3;1-2/h4-10,20,27H,1-3H3,(H,24,28);1-2H3. The Balaban J connectivity index is 0.00000106. The summed E-state index contributed by atoms with van der Waals surface area (Å²) in [6.45, 7) is 7.93. The molecule has 5 heterocycles. The number of aliphatic hydroxyl groups excluding tert-OH is 1. The van der Waals surface area contributed by atoms with Crippen LogP contribution in [-0.2, 0) is 7.05 Å². The number of carbonyl (C=O) groups excluding carboxylic acids is 1. The average Bonchev–Trinajstić information content (AvgIpc) is 3.39. The fraction of sp³-hybridized carbons (Fsp3) is 0.261. The van der Waals surface area contributed by atoms with Crippen molar-refractivity contribution in [2.75, 3.05) is 0 Å². The van der Waals surface area contributed by atoms with Gasteiger partial charge in [0.05, 0.1) is 5.56 Å². The fourth-order valence-electron chi connectivity index (χ4n) is 4.08. The van der Waals surface area contributed by atoms with Crippen LogP contribution in [0, 0.1) is 13.8 Å². The Hall–Kier alpha value is -3.45. The molecule has 1 unspecified atom stereocenters. The molecule has 0 saturated heterocycles. The molecule has 0 aromatic carbocycles. The zero-order chi connectivity index (χ0) is 21.6. The van der Waals surface area contributed by atoms with E-state index in [2.05, 4.69) is 15.3 Å². The van der Waals surface area contributed by atoms with Gasteiger partial charge in [-0.3, -0.25) is 4.79 Å². The quantitative estimate of drug-likeness (QED) is 0.533. The van der Waals surface area contributed by atoms with Gasteiger partial charge < -0.3 is 19.6 Å². The van der Waals surface area contributed by atoms with Crippen LogP contribution < -0.4 is 5.32 Å². The van der Waals surface area contributed by atoms with E-state index in [-0.39, 0.29) is 5.91 Å². The van der Waals surface area contributed by atoms with E-state index >= 15 is 0 Å². The zero-order valence-electron chi connectivity index (χ0n) is 17.8. The molecule has 30 heavy (non-hydrogen) atoms. The number of nitrogens with zero attached hydrogens (tertiary/aromatic N) is 4. The van der Waals surface area contributed by atoms with Gasteiger partial charge in [0.2, 0.25) is 0 Å². The van der Waals surface area contributed by atoms with Crippen LogP contribution >= 0.6 is 0 Å². The van der Waals surface area contributed by atoms with Crippen molar-refractivity contribution in [3.05, 3.63) is 65.4 Å². The van der Waals surface area contributed by atoms with E-state index in [1.165, 1.54) is 0 Å². The first-order valence-corrected chi connectivity index (χ1v) is 10.0. The van der Waals surface area contributed by atoms with Gasteiger partial charge in [-0.1, -0.05) is 13.8 Å². The second-order valence-electron chi connectivity index (χ2n) is 7.13. The van der Waals surface area contributed by atoms with Gasteiger partial charge in [0, 0.05) is 53.5 Å². The maximum atomic E-state index is 12.7. The second-order valence-corrected chi connectivity index (χ2v) is 7.13. The predicted molar refractivity (Wildman–Crippen MR) is 117 cm³/mol. The van der Waals surface area contributed by atoms with Crippen molar-refractivity contribution in [3.8, 4) is 16.9 Å². The molecular formula is C23H25N5O2. The Kier molecular flexibility index (Phi) is 4.91. The number of hydrogen-bond acceptors (Lipinski definition) is 4. The number of aliphatic hydroxyl groups is 1. The first-order chi connectivity index (χ1) is 14.5. The lowest BCUT2D eigenvalue weighted by molar-refractivity contribution is 0.0851. The number of aryl methyl sites for hydroxylation is 3. The number of hydrogen-bond donors (Lipinski definition) is 2. The maximum Gasteiger partial charge on any atom is 0.257 e. The molecule has 4 aromatic heterocycles. The topological polar surface area (TPSA) is 85.0 Å². The molecule has 5 rings (SSSR count). The minimum atomic E-state index is -1.08. The Morgan fingerprint density at radius 2 is 1.73 bits per heavy atom. The lowest BCUT2D eigenvalue weighted by Gasteiger charge is -2.16. The molecule has 1 aliphatic heterocycles. The van der Waals surface area contributed by atoms with Gasteiger partial charge in [0.1, 0.15) is 11.5 Å². The van der Waals surface area contributed by atoms with E-state index in [1.807, 2.05) is 74.3 Å². The molecule has 0 radical (unpaired) electrons. The molecular weight excluding hydrogens is 378 g/mol. The number of fused-ring (bicyclic) bond motifs is 2. The molecule has 0 bridgehead atoms. The van der Waals surface area contributed by atoms with Crippen molar-refractivity contribution in [1.29, 1.82) is 0 Å². The average molecular weight is 403 g/mol. The van der Waals surface area contributed by atoms with Crippen LogP contribution in [0.5, 0.6) is 0 Å². The second kappa shape index (κ2) is 7.42. The predicted octanol–water partition coefficient (Wildman–Crippen LogP) is 3.80. The van der Waals surface area contributed by atoms with Crippen LogP contribution in [0.2, 0.25) is 0 Å². The third-order valence-electron chi connectivity index (χ3n) is 5.41. The molecule has 7 heteroatoms. The van der Waals surface area contributed by atoms with Crippen LogP contribution in [0.15, 0.2) is 42.9 Å². The minimum absolute atomic E-state index is 0.322. The highest BCUT2D eigenvalue weighted by Crippen LogP contribution is 2.39. The van der Waals surface area contributed by atoms with Crippen molar-refractivity contribution in [3.63, 3.8) is 0 Å². The monoisotopic (exact) mass is 403 g/mol. The van der Waals surface area contributed by atoms with Crippen LogP contribution in [0.3, 0.4) is 0 Å². The summed E-state index contributed by atoms with van der Waals surface area (Å²) in [6.07, 6.45) is 4.32. The molecule has 0 fully saturated rings. The highest BCUT2D eigenvalue weighted by molar-refractivity contribution is 6.05. The molecule has 0 aliphatic carbocycles. The zero-order valence-corrected chi connectivity index (χ0v) is 17.8. The first-order valence-electron chi connectivity index (χ1n) is 10.0. The summed E-state index contributed by atoms with van der Waals surface area (Å²) >= 11 is 0. The molecule has 4 aromatic rings. The van der Waals surface area contributed by atoms with Gasteiger partial charge in [-0.2, -0.15) is 0 Å². The first kappa shape index (κ1) is 19.8. The Labute approximate surface area is 175 Å². The lowest BCUT2D eigenvalue weighted by atomic mass is 9.97. The van der Waals surface area contributed by atoms with Crippen molar-refractivity contribution in [2.24, 2.45) is 7.05 Å². The minimum Gasteiger partial charge on any atom is -0.369 e. The van der Waals surface area contributed by atoms with Crippen LogP contribution in [0.1, 0.15) is 47.4 Å². The van der Waals surface area contributed by atoms with E-state index < -0.39 is 6.23 Å². The highest BCUT2D eigenvalue weighted by Gasteiger charge is 2.35. The number of amides is 1. The largest absolute Gasteiger partial charge is 0.369 e. The number of pyridine rings is 2. The van der Waals surface area contributed by atoms with Crippen LogP contribution in [-0.4, -0.2) is 30.1 Å². The van der Waals surface area contributed by atoms with Crippen LogP contribution in [0.25, 0.3) is 28.0 Å².